The van der Waals surface area contributed by atoms with Crippen molar-refractivity contribution in [3.63, 3.8) is 0 Å². The molecule has 1 unspecified atom stereocenters. The van der Waals surface area contributed by atoms with E-state index in [4.69, 9.17) is 4.74 Å². The van der Waals surface area contributed by atoms with Gasteiger partial charge in [-0.3, -0.25) is 4.79 Å². The fourth-order valence-electron chi connectivity index (χ4n) is 2.36. The highest BCUT2D eigenvalue weighted by Gasteiger charge is 2.31. The van der Waals surface area contributed by atoms with E-state index < -0.39 is 0 Å². The molecule has 21 heavy (non-hydrogen) atoms. The Labute approximate surface area is 135 Å². The highest BCUT2D eigenvalue weighted by molar-refractivity contribution is 9.10. The number of nitrogens with one attached hydrogen (secondary N) is 1. The largest absolute Gasteiger partial charge is 0.479 e. The molecule has 0 aromatic heterocycles. The number of carbonyl (C=O) groups is 1. The van der Waals surface area contributed by atoms with Gasteiger partial charge in [-0.15, -0.1) is 0 Å². The first-order valence-electron chi connectivity index (χ1n) is 7.38. The average molecular weight is 355 g/mol. The molecule has 1 heterocycles. The van der Waals surface area contributed by atoms with Gasteiger partial charge >= 0.3 is 0 Å². The van der Waals surface area contributed by atoms with E-state index in [1.54, 1.807) is 4.90 Å². The summed E-state index contributed by atoms with van der Waals surface area (Å²) in [5, 5.41) is 3.42. The maximum atomic E-state index is 12.0. The molecule has 0 radical (unpaired) electrons. The minimum absolute atomic E-state index is 0.0619. The van der Waals surface area contributed by atoms with E-state index in [1.165, 1.54) is 0 Å². The van der Waals surface area contributed by atoms with Gasteiger partial charge < -0.3 is 15.0 Å². The normalized spacial score (nSPS) is 18.6. The number of para-hydroxylation sites is 1. The van der Waals surface area contributed by atoms with E-state index in [9.17, 15) is 4.79 Å². The van der Waals surface area contributed by atoms with Crippen LogP contribution in [0.3, 0.4) is 0 Å². The van der Waals surface area contributed by atoms with Gasteiger partial charge in [-0.1, -0.05) is 26.0 Å². The number of benzene rings is 1. The second-order valence-corrected chi connectivity index (χ2v) is 6.76. The van der Waals surface area contributed by atoms with Crippen LogP contribution in [0.2, 0.25) is 0 Å². The number of nitrogens with zero attached hydrogens (tertiary/aromatic N) is 1. The van der Waals surface area contributed by atoms with Crippen LogP contribution in [0.5, 0.6) is 5.75 Å². The van der Waals surface area contributed by atoms with Crippen LogP contribution in [0.15, 0.2) is 22.7 Å². The quantitative estimate of drug-likeness (QED) is 0.853. The number of halogens is 1. The van der Waals surface area contributed by atoms with Crippen LogP contribution in [0.1, 0.15) is 25.8 Å². The molecule has 116 valence electrons. The van der Waals surface area contributed by atoms with Gasteiger partial charge in [-0.2, -0.15) is 0 Å². The van der Waals surface area contributed by atoms with E-state index in [2.05, 4.69) is 35.1 Å². The highest BCUT2D eigenvalue weighted by Crippen LogP contribution is 2.31. The van der Waals surface area contributed by atoms with Crippen molar-refractivity contribution in [1.82, 2.24) is 10.2 Å². The minimum atomic E-state index is -0.363. The standard InChI is InChI=1S/C16H23BrN2O2/c1-11(2)9-18-10-12-5-4-6-13(17)15(12)21-14-7-8-19(3)16(14)20/h4-6,11,14,18H,7-10H2,1-3H3. The molecule has 2 rings (SSSR count). The van der Waals surface area contributed by atoms with Gasteiger partial charge in [0.25, 0.3) is 5.91 Å². The van der Waals surface area contributed by atoms with Gasteiger partial charge in [0.1, 0.15) is 5.75 Å². The lowest BCUT2D eigenvalue weighted by atomic mass is 10.1. The van der Waals surface area contributed by atoms with Crippen LogP contribution < -0.4 is 10.1 Å². The third kappa shape index (κ3) is 4.20. The minimum Gasteiger partial charge on any atom is -0.479 e. The molecular weight excluding hydrogens is 332 g/mol. The Morgan fingerprint density at radius 3 is 2.86 bits per heavy atom. The number of hydrogen-bond acceptors (Lipinski definition) is 3. The van der Waals surface area contributed by atoms with E-state index in [0.29, 0.717) is 5.92 Å². The van der Waals surface area contributed by atoms with E-state index in [-0.39, 0.29) is 12.0 Å². The zero-order valence-corrected chi connectivity index (χ0v) is 14.4. The summed E-state index contributed by atoms with van der Waals surface area (Å²) >= 11 is 3.53. The van der Waals surface area contributed by atoms with Gasteiger partial charge in [-0.25, -0.2) is 0 Å². The summed E-state index contributed by atoms with van der Waals surface area (Å²) in [6.07, 6.45) is 0.382. The molecule has 0 bridgehead atoms. The molecule has 1 amide bonds. The van der Waals surface area contributed by atoms with Crippen LogP contribution in [-0.2, 0) is 11.3 Å². The fraction of sp³-hybridized carbons (Fsp3) is 0.562. The first-order valence-corrected chi connectivity index (χ1v) is 8.18. The van der Waals surface area contributed by atoms with E-state index in [1.807, 2.05) is 25.2 Å². The summed E-state index contributed by atoms with van der Waals surface area (Å²) in [7, 11) is 1.82. The maximum Gasteiger partial charge on any atom is 0.263 e. The van der Waals surface area contributed by atoms with Gasteiger partial charge in [0.2, 0.25) is 0 Å². The number of carbonyl (C=O) groups excluding carboxylic acids is 1. The van der Waals surface area contributed by atoms with Gasteiger partial charge in [0.05, 0.1) is 4.47 Å². The molecule has 4 nitrogen and oxygen atoms in total. The third-order valence-corrected chi connectivity index (χ3v) is 4.18. The molecule has 1 aromatic carbocycles. The van der Waals surface area contributed by atoms with E-state index in [0.717, 1.165) is 41.8 Å². The molecule has 5 heteroatoms. The van der Waals surface area contributed by atoms with Crippen LogP contribution in [0, 0.1) is 5.92 Å². The smallest absolute Gasteiger partial charge is 0.263 e. The molecule has 0 spiro atoms. The Hall–Kier alpha value is -1.07. The van der Waals surface area contributed by atoms with Gasteiger partial charge in [0.15, 0.2) is 6.10 Å². The van der Waals surface area contributed by atoms with Crippen molar-refractivity contribution < 1.29 is 9.53 Å². The molecule has 0 saturated carbocycles. The lowest BCUT2D eigenvalue weighted by Gasteiger charge is -2.18. The molecule has 1 aromatic rings. The molecule has 1 saturated heterocycles. The summed E-state index contributed by atoms with van der Waals surface area (Å²) in [6, 6.07) is 5.98. The third-order valence-electron chi connectivity index (χ3n) is 3.56. The average Bonchev–Trinajstić information content (AvgIpc) is 2.74. The number of amides is 1. The van der Waals surface area contributed by atoms with Crippen molar-refractivity contribution in [2.24, 2.45) is 5.92 Å². The predicted molar refractivity (Wildman–Crippen MR) is 87.4 cm³/mol. The van der Waals surface area contributed by atoms with Crippen LogP contribution >= 0.6 is 15.9 Å². The van der Waals surface area contributed by atoms with Crippen molar-refractivity contribution in [3.05, 3.63) is 28.2 Å². The first kappa shape index (κ1) is 16.3. The molecular formula is C16H23BrN2O2. The predicted octanol–water partition coefficient (Wildman–Crippen LogP) is 2.80. The van der Waals surface area contributed by atoms with Crippen molar-refractivity contribution in [2.75, 3.05) is 20.1 Å². The molecule has 0 aliphatic carbocycles. The van der Waals surface area contributed by atoms with E-state index >= 15 is 0 Å². The maximum absolute atomic E-state index is 12.0. The van der Waals surface area contributed by atoms with Gasteiger partial charge in [0, 0.05) is 32.1 Å². The molecule has 1 aliphatic heterocycles. The summed E-state index contributed by atoms with van der Waals surface area (Å²) in [6.45, 7) is 6.81. The Bertz CT molecular complexity index is 505. The number of hydrogen-bond donors (Lipinski definition) is 1. The molecule has 1 N–H and O–H groups in total. The number of rotatable bonds is 6. The van der Waals surface area contributed by atoms with Crippen LogP contribution in [0.25, 0.3) is 0 Å². The topological polar surface area (TPSA) is 41.6 Å². The molecule has 1 aliphatic rings. The van der Waals surface area contributed by atoms with Crippen molar-refractivity contribution in [1.29, 1.82) is 0 Å². The Kier molecular flexibility index (Phi) is 5.65. The summed E-state index contributed by atoms with van der Waals surface area (Å²) < 4.78 is 6.90. The van der Waals surface area contributed by atoms with Gasteiger partial charge in [-0.05, 0) is 34.5 Å². The Morgan fingerprint density at radius 2 is 2.24 bits per heavy atom. The number of likely N-dealkylation sites (N-methyl/N-ethyl adjacent to an activating group) is 1. The highest BCUT2D eigenvalue weighted by atomic mass is 79.9. The Balaban J connectivity index is 2.08. The van der Waals surface area contributed by atoms with Crippen molar-refractivity contribution in [2.45, 2.75) is 32.9 Å². The van der Waals surface area contributed by atoms with Crippen molar-refractivity contribution in [3.8, 4) is 5.75 Å². The van der Waals surface area contributed by atoms with Crippen LogP contribution in [0.4, 0.5) is 0 Å². The number of ether oxygens (including phenoxy) is 1. The summed E-state index contributed by atoms with van der Waals surface area (Å²) in [5.74, 6) is 1.45. The second kappa shape index (κ2) is 7.27. The second-order valence-electron chi connectivity index (χ2n) is 5.91. The van der Waals surface area contributed by atoms with Crippen molar-refractivity contribution >= 4 is 21.8 Å². The summed E-state index contributed by atoms with van der Waals surface area (Å²) in [4.78, 5) is 13.7. The zero-order chi connectivity index (χ0) is 15.4. The fourth-order valence-corrected chi connectivity index (χ4v) is 2.86. The number of likely N-dealkylation sites (tertiary alicyclic amines) is 1. The first-order chi connectivity index (χ1) is 9.99. The molecule has 1 atom stereocenters. The summed E-state index contributed by atoms with van der Waals surface area (Å²) in [5.41, 5.74) is 1.08. The monoisotopic (exact) mass is 354 g/mol. The SMILES string of the molecule is CC(C)CNCc1cccc(Br)c1OC1CCN(C)C1=O. The lowest BCUT2D eigenvalue weighted by molar-refractivity contribution is -0.132. The Morgan fingerprint density at radius 1 is 1.48 bits per heavy atom. The lowest BCUT2D eigenvalue weighted by Crippen LogP contribution is -2.30. The van der Waals surface area contributed by atoms with Crippen LogP contribution in [-0.4, -0.2) is 37.0 Å². The zero-order valence-electron chi connectivity index (χ0n) is 12.9. The molecule has 1 fully saturated rings.